The highest BCUT2D eigenvalue weighted by Gasteiger charge is 2.41. The number of rotatable bonds is 4. The van der Waals surface area contributed by atoms with E-state index in [0.717, 1.165) is 47.5 Å². The molecule has 2 aliphatic carbocycles. The Morgan fingerprint density at radius 2 is 1.74 bits per heavy atom. The van der Waals surface area contributed by atoms with E-state index in [0.29, 0.717) is 41.9 Å². The number of anilines is 1. The predicted molar refractivity (Wildman–Crippen MR) is 135 cm³/mol. The first-order chi connectivity index (χ1) is 17.1. The third kappa shape index (κ3) is 4.14. The first-order valence-electron chi connectivity index (χ1n) is 12.4. The first-order valence-corrected chi connectivity index (χ1v) is 13.2. The summed E-state index contributed by atoms with van der Waals surface area (Å²) in [4.78, 5) is 30.0. The minimum absolute atomic E-state index is 0.0519. The van der Waals surface area contributed by atoms with E-state index in [-0.39, 0.29) is 24.0 Å². The molecule has 35 heavy (non-hydrogen) atoms. The molecule has 0 radical (unpaired) electrons. The molecule has 1 aromatic heterocycles. The van der Waals surface area contributed by atoms with Gasteiger partial charge in [-0.05, 0) is 61.8 Å². The summed E-state index contributed by atoms with van der Waals surface area (Å²) in [5.74, 6) is 0.905. The van der Waals surface area contributed by atoms with Crippen LogP contribution < -0.4 is 14.4 Å². The van der Waals surface area contributed by atoms with E-state index < -0.39 is 0 Å². The van der Waals surface area contributed by atoms with Crippen LogP contribution in [0.3, 0.4) is 0 Å². The molecule has 0 spiro atoms. The van der Waals surface area contributed by atoms with Crippen molar-refractivity contribution in [3.05, 3.63) is 51.0 Å². The van der Waals surface area contributed by atoms with E-state index in [1.54, 1.807) is 30.5 Å². The minimum atomic E-state index is -0.326. The van der Waals surface area contributed by atoms with Gasteiger partial charge in [-0.2, -0.15) is 5.26 Å². The molecule has 7 heteroatoms. The van der Waals surface area contributed by atoms with E-state index in [4.69, 9.17) is 9.47 Å². The summed E-state index contributed by atoms with van der Waals surface area (Å²) in [7, 11) is 3.17. The molecule has 2 heterocycles. The van der Waals surface area contributed by atoms with Crippen LogP contribution in [-0.2, 0) is 22.4 Å². The van der Waals surface area contributed by atoms with E-state index in [2.05, 4.69) is 6.07 Å². The molecule has 0 bridgehead atoms. The number of hydrogen-bond acceptors (Lipinski definition) is 6. The number of ketones is 1. The number of nitriles is 1. The van der Waals surface area contributed by atoms with Gasteiger partial charge in [-0.15, -0.1) is 11.3 Å². The molecular weight excluding hydrogens is 460 g/mol. The number of amides is 1. The normalized spacial score (nSPS) is 20.5. The summed E-state index contributed by atoms with van der Waals surface area (Å²) in [5, 5.41) is 10.9. The molecule has 0 unspecified atom stereocenters. The minimum Gasteiger partial charge on any atom is -0.493 e. The SMILES string of the molecule is COc1ccc([C@@H]2CC(=O)N(c3sc4c(c3C#N)CCCCCC4)C3=C2C(=O)CCC3)cc1OC. The van der Waals surface area contributed by atoms with Gasteiger partial charge in [0.05, 0.1) is 19.8 Å². The number of hydrogen-bond donors (Lipinski definition) is 0. The molecule has 3 aliphatic rings. The number of carbonyl (C=O) groups excluding carboxylic acids is 2. The summed E-state index contributed by atoms with van der Waals surface area (Å²) in [6.07, 6.45) is 8.44. The van der Waals surface area contributed by atoms with Crippen molar-refractivity contribution in [3.63, 3.8) is 0 Å². The molecule has 182 valence electrons. The number of thiophene rings is 1. The zero-order chi connectivity index (χ0) is 24.5. The lowest BCUT2D eigenvalue weighted by atomic mass is 9.77. The van der Waals surface area contributed by atoms with Crippen LogP contribution in [0, 0.1) is 11.3 Å². The number of benzene rings is 1. The maximum Gasteiger partial charge on any atom is 0.232 e. The van der Waals surface area contributed by atoms with Crippen LogP contribution in [0.4, 0.5) is 5.00 Å². The van der Waals surface area contributed by atoms with Gasteiger partial charge in [0.2, 0.25) is 5.91 Å². The Morgan fingerprint density at radius 1 is 0.971 bits per heavy atom. The number of carbonyl (C=O) groups is 2. The Balaban J connectivity index is 1.64. The predicted octanol–water partition coefficient (Wildman–Crippen LogP) is 5.82. The quantitative estimate of drug-likeness (QED) is 0.539. The number of ether oxygens (including phenoxy) is 2. The number of nitrogens with zero attached hydrogens (tertiary/aromatic N) is 2. The Bertz CT molecular complexity index is 1250. The molecule has 1 amide bonds. The van der Waals surface area contributed by atoms with Crippen molar-refractivity contribution in [1.29, 1.82) is 5.26 Å². The molecular formula is C28H30N2O4S. The van der Waals surface area contributed by atoms with Crippen molar-refractivity contribution in [2.75, 3.05) is 19.1 Å². The molecule has 1 aromatic carbocycles. The number of Topliss-reactive ketones (excluding diaryl/α,β-unsaturated/α-hetero) is 1. The Morgan fingerprint density at radius 3 is 2.49 bits per heavy atom. The van der Waals surface area contributed by atoms with Crippen molar-refractivity contribution in [1.82, 2.24) is 0 Å². The molecule has 6 nitrogen and oxygen atoms in total. The van der Waals surface area contributed by atoms with Crippen LogP contribution in [-0.4, -0.2) is 25.9 Å². The second-order valence-electron chi connectivity index (χ2n) is 9.45. The van der Waals surface area contributed by atoms with Crippen molar-refractivity contribution in [3.8, 4) is 17.6 Å². The highest BCUT2D eigenvalue weighted by atomic mass is 32.1. The third-order valence-electron chi connectivity index (χ3n) is 7.45. The van der Waals surface area contributed by atoms with Gasteiger partial charge >= 0.3 is 0 Å². The average Bonchev–Trinajstić information content (AvgIpc) is 3.18. The number of allylic oxidation sites excluding steroid dienone is 2. The molecule has 0 saturated heterocycles. The van der Waals surface area contributed by atoms with Crippen molar-refractivity contribution >= 4 is 28.0 Å². The van der Waals surface area contributed by atoms with Crippen LogP contribution >= 0.6 is 11.3 Å². The fraction of sp³-hybridized carbons (Fsp3) is 0.464. The Hall–Kier alpha value is -3.11. The summed E-state index contributed by atoms with van der Waals surface area (Å²) in [5.41, 5.74) is 4.12. The van der Waals surface area contributed by atoms with E-state index in [1.165, 1.54) is 17.7 Å². The first kappa shape index (κ1) is 23.6. The molecule has 0 fully saturated rings. The highest BCUT2D eigenvalue weighted by molar-refractivity contribution is 7.16. The van der Waals surface area contributed by atoms with Crippen LogP contribution in [0.15, 0.2) is 29.5 Å². The lowest BCUT2D eigenvalue weighted by Crippen LogP contribution is -2.40. The van der Waals surface area contributed by atoms with Gasteiger partial charge in [0.1, 0.15) is 11.1 Å². The van der Waals surface area contributed by atoms with Crippen LogP contribution in [0.1, 0.15) is 78.9 Å². The van der Waals surface area contributed by atoms with Crippen LogP contribution in [0.5, 0.6) is 11.5 Å². The zero-order valence-corrected chi connectivity index (χ0v) is 21.1. The van der Waals surface area contributed by atoms with Crippen LogP contribution in [0.2, 0.25) is 0 Å². The van der Waals surface area contributed by atoms with E-state index in [1.807, 2.05) is 18.2 Å². The third-order valence-corrected chi connectivity index (χ3v) is 8.73. The second-order valence-corrected chi connectivity index (χ2v) is 10.5. The van der Waals surface area contributed by atoms with E-state index in [9.17, 15) is 14.9 Å². The maximum absolute atomic E-state index is 13.8. The van der Waals surface area contributed by atoms with E-state index >= 15 is 0 Å². The highest BCUT2D eigenvalue weighted by Crippen LogP contribution is 2.48. The Kier molecular flexibility index (Phi) is 6.66. The molecule has 1 aliphatic heterocycles. The molecule has 1 atom stereocenters. The van der Waals surface area contributed by atoms with Crippen molar-refractivity contribution < 1.29 is 19.1 Å². The van der Waals surface area contributed by atoms with Gasteiger partial charge in [-0.1, -0.05) is 18.9 Å². The Labute approximate surface area is 210 Å². The smallest absolute Gasteiger partial charge is 0.232 e. The summed E-state index contributed by atoms with van der Waals surface area (Å²) < 4.78 is 10.9. The molecule has 2 aromatic rings. The topological polar surface area (TPSA) is 79.6 Å². The fourth-order valence-electron chi connectivity index (χ4n) is 5.76. The second kappa shape index (κ2) is 9.87. The lowest BCUT2D eigenvalue weighted by Gasteiger charge is -2.38. The van der Waals surface area contributed by atoms with Gasteiger partial charge in [-0.25, -0.2) is 0 Å². The van der Waals surface area contributed by atoms with Gasteiger partial charge in [-0.3, -0.25) is 14.5 Å². The summed E-state index contributed by atoms with van der Waals surface area (Å²) in [6.45, 7) is 0. The van der Waals surface area contributed by atoms with Gasteiger partial charge < -0.3 is 9.47 Å². The fourth-order valence-corrected chi connectivity index (χ4v) is 7.14. The largest absolute Gasteiger partial charge is 0.493 e. The number of methoxy groups -OCH3 is 2. The van der Waals surface area contributed by atoms with Crippen molar-refractivity contribution in [2.45, 2.75) is 70.1 Å². The monoisotopic (exact) mass is 490 g/mol. The summed E-state index contributed by atoms with van der Waals surface area (Å²) >= 11 is 1.59. The average molecular weight is 491 g/mol. The summed E-state index contributed by atoms with van der Waals surface area (Å²) in [6, 6.07) is 8.04. The lowest BCUT2D eigenvalue weighted by molar-refractivity contribution is -0.119. The van der Waals surface area contributed by atoms with Crippen molar-refractivity contribution in [2.24, 2.45) is 0 Å². The molecule has 5 rings (SSSR count). The molecule has 0 N–H and O–H groups in total. The van der Waals surface area contributed by atoms with Gasteiger partial charge in [0, 0.05) is 34.9 Å². The maximum atomic E-state index is 13.8. The van der Waals surface area contributed by atoms with Gasteiger partial charge in [0.25, 0.3) is 0 Å². The molecule has 0 saturated carbocycles. The van der Waals surface area contributed by atoms with Gasteiger partial charge in [0.15, 0.2) is 17.3 Å². The zero-order valence-electron chi connectivity index (χ0n) is 20.3. The number of fused-ring (bicyclic) bond motifs is 1. The van der Waals surface area contributed by atoms with Crippen LogP contribution in [0.25, 0.3) is 0 Å². The standard InChI is InChI=1S/C28H30N2O4S/c1-33-23-13-12-17(14-24(23)34-2)19-15-26(32)30(21-9-7-10-22(31)27(19)21)28-20(16-29)18-8-5-3-4-6-11-25(18)35-28/h12-14,19H,3-11,15H2,1-2H3/t19-/m0/s1. The number of aryl methyl sites for hydroxylation is 1.